The van der Waals surface area contributed by atoms with Crippen LogP contribution in [0.4, 0.5) is 5.69 Å². The summed E-state index contributed by atoms with van der Waals surface area (Å²) < 4.78 is 0. The maximum Gasteiger partial charge on any atom is 0.242 e. The molecular formula is C15H23N3OS. The highest BCUT2D eigenvalue weighted by Gasteiger charge is 2.13. The first-order chi connectivity index (χ1) is 9.45. The fourth-order valence-electron chi connectivity index (χ4n) is 1.71. The molecule has 0 heterocycles. The SMILES string of the molecule is CCCNC(=O)[C@H](C)NC(=S)Nc1cccc(C)c1C. The molecule has 3 N–H and O–H groups in total. The number of benzene rings is 1. The van der Waals surface area contributed by atoms with E-state index in [1.807, 2.05) is 26.0 Å². The van der Waals surface area contributed by atoms with E-state index >= 15 is 0 Å². The number of thiocarbonyl (C=S) groups is 1. The Labute approximate surface area is 126 Å². The first-order valence-electron chi connectivity index (χ1n) is 6.87. The molecule has 0 fully saturated rings. The van der Waals surface area contributed by atoms with Crippen molar-refractivity contribution in [1.29, 1.82) is 0 Å². The largest absolute Gasteiger partial charge is 0.354 e. The van der Waals surface area contributed by atoms with Gasteiger partial charge in [-0.1, -0.05) is 19.1 Å². The van der Waals surface area contributed by atoms with Crippen LogP contribution in [0.3, 0.4) is 0 Å². The first kappa shape index (κ1) is 16.4. The molecule has 0 aromatic heterocycles. The minimum Gasteiger partial charge on any atom is -0.354 e. The predicted octanol–water partition coefficient (Wildman–Crippen LogP) is 2.50. The van der Waals surface area contributed by atoms with Crippen molar-refractivity contribution in [2.45, 2.75) is 40.2 Å². The Morgan fingerprint density at radius 3 is 2.70 bits per heavy atom. The van der Waals surface area contributed by atoms with Crippen molar-refractivity contribution in [3.63, 3.8) is 0 Å². The zero-order valence-electron chi connectivity index (χ0n) is 12.5. The minimum atomic E-state index is -0.355. The Balaban J connectivity index is 2.55. The molecule has 0 saturated carbocycles. The van der Waals surface area contributed by atoms with Gasteiger partial charge in [-0.3, -0.25) is 4.79 Å². The molecule has 0 aliphatic carbocycles. The van der Waals surface area contributed by atoms with Crippen LogP contribution in [-0.4, -0.2) is 23.6 Å². The normalized spacial score (nSPS) is 11.6. The third kappa shape index (κ3) is 4.81. The number of anilines is 1. The second-order valence-corrected chi connectivity index (χ2v) is 5.27. The van der Waals surface area contributed by atoms with Gasteiger partial charge >= 0.3 is 0 Å². The van der Waals surface area contributed by atoms with Gasteiger partial charge in [-0.05, 0) is 56.6 Å². The Hall–Kier alpha value is -1.62. The highest BCUT2D eigenvalue weighted by atomic mass is 32.1. The number of aryl methyl sites for hydroxylation is 1. The van der Waals surface area contributed by atoms with Crippen LogP contribution < -0.4 is 16.0 Å². The van der Waals surface area contributed by atoms with Crippen molar-refractivity contribution in [3.8, 4) is 0 Å². The van der Waals surface area contributed by atoms with Gasteiger partial charge in [0.15, 0.2) is 5.11 Å². The molecule has 1 rings (SSSR count). The number of hydrogen-bond acceptors (Lipinski definition) is 2. The second kappa shape index (κ2) is 7.85. The summed E-state index contributed by atoms with van der Waals surface area (Å²) in [6.45, 7) is 8.59. The molecule has 0 spiro atoms. The number of hydrogen-bond donors (Lipinski definition) is 3. The van der Waals surface area contributed by atoms with Crippen molar-refractivity contribution in [1.82, 2.24) is 10.6 Å². The van der Waals surface area contributed by atoms with Gasteiger partial charge in [-0.2, -0.15) is 0 Å². The summed E-state index contributed by atoms with van der Waals surface area (Å²) in [5.74, 6) is -0.0445. The second-order valence-electron chi connectivity index (χ2n) is 4.86. The van der Waals surface area contributed by atoms with Crippen molar-refractivity contribution in [2.24, 2.45) is 0 Å². The average Bonchev–Trinajstić information content (AvgIpc) is 2.41. The summed E-state index contributed by atoms with van der Waals surface area (Å²) in [5, 5.41) is 9.41. The summed E-state index contributed by atoms with van der Waals surface area (Å²) in [4.78, 5) is 11.7. The van der Waals surface area contributed by atoms with Crippen LogP contribution in [-0.2, 0) is 4.79 Å². The quantitative estimate of drug-likeness (QED) is 0.730. The average molecular weight is 293 g/mol. The van der Waals surface area contributed by atoms with Gasteiger partial charge in [0.1, 0.15) is 6.04 Å². The van der Waals surface area contributed by atoms with E-state index in [1.54, 1.807) is 6.92 Å². The molecule has 1 aromatic carbocycles. The molecule has 1 amide bonds. The van der Waals surface area contributed by atoms with Gasteiger partial charge in [0, 0.05) is 12.2 Å². The van der Waals surface area contributed by atoms with E-state index in [1.165, 1.54) is 5.56 Å². The molecule has 0 aliphatic heterocycles. The number of carbonyl (C=O) groups is 1. The zero-order chi connectivity index (χ0) is 15.1. The molecule has 0 unspecified atom stereocenters. The Kier molecular flexibility index (Phi) is 6.45. The third-order valence-corrected chi connectivity index (χ3v) is 3.36. The van der Waals surface area contributed by atoms with Crippen LogP contribution >= 0.6 is 12.2 Å². The molecule has 1 atom stereocenters. The maximum absolute atomic E-state index is 11.7. The molecular weight excluding hydrogens is 270 g/mol. The molecule has 110 valence electrons. The fraction of sp³-hybridized carbons (Fsp3) is 0.467. The maximum atomic E-state index is 11.7. The number of amides is 1. The summed E-state index contributed by atoms with van der Waals surface area (Å²) in [5.41, 5.74) is 3.31. The van der Waals surface area contributed by atoms with Crippen molar-refractivity contribution in [3.05, 3.63) is 29.3 Å². The summed E-state index contributed by atoms with van der Waals surface area (Å²) >= 11 is 5.24. The molecule has 20 heavy (non-hydrogen) atoms. The minimum absolute atomic E-state index is 0.0445. The summed E-state index contributed by atoms with van der Waals surface area (Å²) in [6, 6.07) is 5.65. The van der Waals surface area contributed by atoms with Gasteiger partial charge in [0.25, 0.3) is 0 Å². The highest BCUT2D eigenvalue weighted by molar-refractivity contribution is 7.80. The Bertz CT molecular complexity index is 488. The number of carbonyl (C=O) groups excluding carboxylic acids is 1. The van der Waals surface area contributed by atoms with Crippen molar-refractivity contribution < 1.29 is 4.79 Å². The summed E-state index contributed by atoms with van der Waals surface area (Å²) in [7, 11) is 0. The van der Waals surface area contributed by atoms with Gasteiger partial charge < -0.3 is 16.0 Å². The molecule has 0 saturated heterocycles. The molecule has 4 nitrogen and oxygen atoms in total. The van der Waals surface area contributed by atoms with Gasteiger partial charge in [-0.25, -0.2) is 0 Å². The van der Waals surface area contributed by atoms with Crippen molar-refractivity contribution in [2.75, 3.05) is 11.9 Å². The summed E-state index contributed by atoms with van der Waals surface area (Å²) in [6.07, 6.45) is 0.920. The van der Waals surface area contributed by atoms with E-state index < -0.39 is 0 Å². The van der Waals surface area contributed by atoms with Crippen LogP contribution in [0.5, 0.6) is 0 Å². The van der Waals surface area contributed by atoms with Crippen LogP contribution in [0.1, 0.15) is 31.4 Å². The van der Waals surface area contributed by atoms with E-state index in [0.29, 0.717) is 11.7 Å². The lowest BCUT2D eigenvalue weighted by atomic mass is 10.1. The van der Waals surface area contributed by atoms with E-state index in [2.05, 4.69) is 28.9 Å². The van der Waals surface area contributed by atoms with E-state index in [0.717, 1.165) is 17.7 Å². The highest BCUT2D eigenvalue weighted by Crippen LogP contribution is 2.17. The lowest BCUT2D eigenvalue weighted by Gasteiger charge is -2.18. The lowest BCUT2D eigenvalue weighted by Crippen LogP contribution is -2.46. The standard InChI is InChI=1S/C15H23N3OS/c1-5-9-16-14(19)12(4)17-15(20)18-13-8-6-7-10(2)11(13)3/h6-8,12H,5,9H2,1-4H3,(H,16,19)(H2,17,18,20)/t12-/m0/s1. The van der Waals surface area contributed by atoms with Gasteiger partial charge in [0.05, 0.1) is 0 Å². The third-order valence-electron chi connectivity index (χ3n) is 3.14. The van der Waals surface area contributed by atoms with Crippen LogP contribution in [0, 0.1) is 13.8 Å². The van der Waals surface area contributed by atoms with Crippen LogP contribution in [0.2, 0.25) is 0 Å². The van der Waals surface area contributed by atoms with Crippen LogP contribution in [0.15, 0.2) is 18.2 Å². The van der Waals surface area contributed by atoms with Crippen LogP contribution in [0.25, 0.3) is 0 Å². The van der Waals surface area contributed by atoms with Gasteiger partial charge in [-0.15, -0.1) is 0 Å². The zero-order valence-corrected chi connectivity index (χ0v) is 13.4. The van der Waals surface area contributed by atoms with E-state index in [9.17, 15) is 4.79 Å². The molecule has 0 aliphatic rings. The predicted molar refractivity (Wildman–Crippen MR) is 88.0 cm³/mol. The number of nitrogens with one attached hydrogen (secondary N) is 3. The lowest BCUT2D eigenvalue weighted by molar-refractivity contribution is -0.122. The topological polar surface area (TPSA) is 53.2 Å². The monoisotopic (exact) mass is 293 g/mol. The molecule has 0 bridgehead atoms. The first-order valence-corrected chi connectivity index (χ1v) is 7.28. The fourth-order valence-corrected chi connectivity index (χ4v) is 2.00. The molecule has 0 radical (unpaired) electrons. The number of rotatable bonds is 5. The smallest absolute Gasteiger partial charge is 0.242 e. The molecule has 5 heteroatoms. The Morgan fingerprint density at radius 1 is 1.35 bits per heavy atom. The van der Waals surface area contributed by atoms with E-state index in [4.69, 9.17) is 12.2 Å². The Morgan fingerprint density at radius 2 is 2.05 bits per heavy atom. The van der Waals surface area contributed by atoms with Gasteiger partial charge in [0.2, 0.25) is 5.91 Å². The van der Waals surface area contributed by atoms with E-state index in [-0.39, 0.29) is 11.9 Å². The molecule has 1 aromatic rings. The van der Waals surface area contributed by atoms with Crippen molar-refractivity contribution >= 4 is 28.9 Å².